The molecule has 2 rings (SSSR count). The lowest BCUT2D eigenvalue weighted by atomic mass is 10.2. The van der Waals surface area contributed by atoms with Gasteiger partial charge in [0.05, 0.1) is 5.02 Å². The zero-order valence-corrected chi connectivity index (χ0v) is 8.43. The van der Waals surface area contributed by atoms with E-state index >= 15 is 0 Å². The Bertz CT molecular complexity index is 533. The van der Waals surface area contributed by atoms with Gasteiger partial charge in [0.1, 0.15) is 5.65 Å². The first kappa shape index (κ1) is 9.21. The van der Waals surface area contributed by atoms with Crippen LogP contribution in [0, 0.1) is 0 Å². The highest BCUT2D eigenvalue weighted by Crippen LogP contribution is 2.19. The molecule has 2 heterocycles. The van der Waals surface area contributed by atoms with Gasteiger partial charge in [-0.15, -0.1) is 0 Å². The van der Waals surface area contributed by atoms with Gasteiger partial charge in [-0.05, 0) is 18.6 Å². The Morgan fingerprint density at radius 2 is 2.36 bits per heavy atom. The van der Waals surface area contributed by atoms with Crippen molar-refractivity contribution in [1.82, 2.24) is 9.97 Å². The molecule has 0 aromatic carbocycles. The number of halogens is 1. The van der Waals surface area contributed by atoms with E-state index in [1.807, 2.05) is 6.92 Å². The number of aryl methyl sites for hydroxylation is 1. The van der Waals surface area contributed by atoms with E-state index in [0.717, 1.165) is 10.9 Å². The van der Waals surface area contributed by atoms with Crippen molar-refractivity contribution in [2.75, 3.05) is 0 Å². The number of aromatic nitrogens is 2. The first-order valence-electron chi connectivity index (χ1n) is 4.38. The van der Waals surface area contributed by atoms with Crippen molar-refractivity contribution in [3.63, 3.8) is 0 Å². The largest absolute Gasteiger partial charge is 0.306 e. The van der Waals surface area contributed by atoms with Crippen LogP contribution >= 0.6 is 11.6 Å². The minimum Gasteiger partial charge on any atom is -0.306 e. The molecule has 0 saturated carbocycles. The van der Waals surface area contributed by atoms with Gasteiger partial charge in [-0.25, -0.2) is 4.98 Å². The van der Waals surface area contributed by atoms with E-state index in [-0.39, 0.29) is 5.56 Å². The standard InChI is InChI=1S/C10H9ClN2O/c1-2-6-5-7-8(11)3-4-12-9(7)13-10(6)14/h3-5H,2H2,1H3,(H,12,13,14). The van der Waals surface area contributed by atoms with Gasteiger partial charge in [0, 0.05) is 17.1 Å². The highest BCUT2D eigenvalue weighted by molar-refractivity contribution is 6.35. The first-order chi connectivity index (χ1) is 6.72. The minimum atomic E-state index is -0.0882. The van der Waals surface area contributed by atoms with Crippen LogP contribution in [0.25, 0.3) is 11.0 Å². The van der Waals surface area contributed by atoms with E-state index in [1.165, 1.54) is 0 Å². The highest BCUT2D eigenvalue weighted by atomic mass is 35.5. The average molecular weight is 209 g/mol. The maximum Gasteiger partial charge on any atom is 0.252 e. The van der Waals surface area contributed by atoms with Crippen molar-refractivity contribution in [3.8, 4) is 0 Å². The molecule has 2 aromatic rings. The number of nitrogens with one attached hydrogen (secondary N) is 1. The zero-order chi connectivity index (χ0) is 10.1. The smallest absolute Gasteiger partial charge is 0.252 e. The number of nitrogens with zero attached hydrogens (tertiary/aromatic N) is 1. The molecule has 0 aliphatic rings. The molecule has 0 amide bonds. The molecular weight excluding hydrogens is 200 g/mol. The summed E-state index contributed by atoms with van der Waals surface area (Å²) in [5, 5.41) is 1.41. The van der Waals surface area contributed by atoms with Crippen molar-refractivity contribution >= 4 is 22.6 Å². The van der Waals surface area contributed by atoms with Crippen molar-refractivity contribution < 1.29 is 0 Å². The molecule has 0 unspecified atom stereocenters. The van der Waals surface area contributed by atoms with Crippen LogP contribution in [0.2, 0.25) is 5.02 Å². The lowest BCUT2D eigenvalue weighted by Gasteiger charge is -2.01. The van der Waals surface area contributed by atoms with Gasteiger partial charge < -0.3 is 4.98 Å². The summed E-state index contributed by atoms with van der Waals surface area (Å²) in [6.07, 6.45) is 2.27. The Balaban J connectivity index is 2.87. The lowest BCUT2D eigenvalue weighted by Crippen LogP contribution is -2.11. The minimum absolute atomic E-state index is 0.0882. The molecule has 0 fully saturated rings. The Labute approximate surface area is 85.7 Å². The zero-order valence-electron chi connectivity index (χ0n) is 7.67. The first-order valence-corrected chi connectivity index (χ1v) is 4.76. The Hall–Kier alpha value is -1.35. The Morgan fingerprint density at radius 1 is 1.57 bits per heavy atom. The second kappa shape index (κ2) is 3.42. The molecule has 0 radical (unpaired) electrons. The summed E-state index contributed by atoms with van der Waals surface area (Å²) in [4.78, 5) is 18.2. The number of fused-ring (bicyclic) bond motifs is 1. The predicted molar refractivity (Wildman–Crippen MR) is 56.8 cm³/mol. The van der Waals surface area contributed by atoms with Gasteiger partial charge in [-0.3, -0.25) is 4.79 Å². The maximum atomic E-state index is 11.4. The van der Waals surface area contributed by atoms with E-state index in [1.54, 1.807) is 18.3 Å². The van der Waals surface area contributed by atoms with Crippen molar-refractivity contribution in [1.29, 1.82) is 0 Å². The molecule has 4 heteroatoms. The third-order valence-electron chi connectivity index (χ3n) is 2.16. The molecule has 3 nitrogen and oxygen atoms in total. The normalized spacial score (nSPS) is 10.7. The third-order valence-corrected chi connectivity index (χ3v) is 2.49. The second-order valence-electron chi connectivity index (χ2n) is 3.03. The van der Waals surface area contributed by atoms with Gasteiger partial charge >= 0.3 is 0 Å². The molecule has 0 aliphatic carbocycles. The fraction of sp³-hybridized carbons (Fsp3) is 0.200. The fourth-order valence-electron chi connectivity index (χ4n) is 1.38. The van der Waals surface area contributed by atoms with Crippen LogP contribution in [-0.2, 0) is 6.42 Å². The third kappa shape index (κ3) is 1.40. The van der Waals surface area contributed by atoms with E-state index < -0.39 is 0 Å². The molecule has 0 atom stereocenters. The van der Waals surface area contributed by atoms with Gasteiger partial charge in [-0.2, -0.15) is 0 Å². The summed E-state index contributed by atoms with van der Waals surface area (Å²) in [7, 11) is 0. The van der Waals surface area contributed by atoms with Crippen LogP contribution in [0.4, 0.5) is 0 Å². The van der Waals surface area contributed by atoms with Crippen molar-refractivity contribution in [2.24, 2.45) is 0 Å². The van der Waals surface area contributed by atoms with Crippen LogP contribution in [-0.4, -0.2) is 9.97 Å². The average Bonchev–Trinajstić information content (AvgIpc) is 2.17. The van der Waals surface area contributed by atoms with Gasteiger partial charge in [-0.1, -0.05) is 18.5 Å². The van der Waals surface area contributed by atoms with Crippen LogP contribution < -0.4 is 5.56 Å². The maximum absolute atomic E-state index is 11.4. The summed E-state index contributed by atoms with van der Waals surface area (Å²) < 4.78 is 0. The van der Waals surface area contributed by atoms with Crippen LogP contribution in [0.3, 0.4) is 0 Å². The molecule has 14 heavy (non-hydrogen) atoms. The SMILES string of the molecule is CCc1cc2c(Cl)ccnc2[nH]c1=O. The van der Waals surface area contributed by atoms with Gasteiger partial charge in [0.15, 0.2) is 0 Å². The van der Waals surface area contributed by atoms with E-state index in [4.69, 9.17) is 11.6 Å². The van der Waals surface area contributed by atoms with Crippen molar-refractivity contribution in [3.05, 3.63) is 39.3 Å². The van der Waals surface area contributed by atoms with Crippen LogP contribution in [0.15, 0.2) is 23.1 Å². The van der Waals surface area contributed by atoms with Gasteiger partial charge in [0.2, 0.25) is 0 Å². The summed E-state index contributed by atoms with van der Waals surface area (Å²) in [5.74, 6) is 0. The Kier molecular flexibility index (Phi) is 2.25. The molecule has 72 valence electrons. The molecule has 0 saturated heterocycles. The predicted octanol–water partition coefficient (Wildman–Crippen LogP) is 2.14. The molecule has 0 aliphatic heterocycles. The molecular formula is C10H9ClN2O. The monoisotopic (exact) mass is 208 g/mol. The second-order valence-corrected chi connectivity index (χ2v) is 3.44. The number of hydrogen-bond acceptors (Lipinski definition) is 2. The molecule has 1 N–H and O–H groups in total. The van der Waals surface area contributed by atoms with E-state index in [2.05, 4.69) is 9.97 Å². The van der Waals surface area contributed by atoms with E-state index in [9.17, 15) is 4.79 Å². The number of aromatic amines is 1. The van der Waals surface area contributed by atoms with Crippen LogP contribution in [0.1, 0.15) is 12.5 Å². The number of hydrogen-bond donors (Lipinski definition) is 1. The number of rotatable bonds is 1. The number of pyridine rings is 2. The summed E-state index contributed by atoms with van der Waals surface area (Å²) in [6, 6.07) is 3.51. The Morgan fingerprint density at radius 3 is 3.07 bits per heavy atom. The van der Waals surface area contributed by atoms with Crippen LogP contribution in [0.5, 0.6) is 0 Å². The quantitative estimate of drug-likeness (QED) is 0.781. The molecule has 0 bridgehead atoms. The van der Waals surface area contributed by atoms with Gasteiger partial charge in [0.25, 0.3) is 5.56 Å². The summed E-state index contributed by atoms with van der Waals surface area (Å²) in [5.41, 5.74) is 1.18. The topological polar surface area (TPSA) is 45.8 Å². The highest BCUT2D eigenvalue weighted by Gasteiger charge is 2.04. The number of H-pyrrole nitrogens is 1. The summed E-state index contributed by atoms with van der Waals surface area (Å²) >= 11 is 5.98. The fourth-order valence-corrected chi connectivity index (χ4v) is 1.58. The van der Waals surface area contributed by atoms with Crippen molar-refractivity contribution in [2.45, 2.75) is 13.3 Å². The lowest BCUT2D eigenvalue weighted by molar-refractivity contribution is 1.07. The molecule has 0 spiro atoms. The molecule has 2 aromatic heterocycles. The summed E-state index contributed by atoms with van der Waals surface area (Å²) in [6.45, 7) is 1.93. The van der Waals surface area contributed by atoms with E-state index in [0.29, 0.717) is 17.1 Å².